The summed E-state index contributed by atoms with van der Waals surface area (Å²) in [6.45, 7) is 1.13. The highest BCUT2D eigenvalue weighted by molar-refractivity contribution is 6.00. The molecule has 7 heteroatoms. The first kappa shape index (κ1) is 19.4. The number of amides is 3. The molecule has 1 aliphatic rings. The SMILES string of the molecule is O=C(O)CC1CCN(C(=O)c2ccc(NC(=O)Nc3ccccc3)cc2)CC1. The minimum Gasteiger partial charge on any atom is -0.481 e. The van der Waals surface area contributed by atoms with E-state index in [9.17, 15) is 14.4 Å². The highest BCUT2D eigenvalue weighted by atomic mass is 16.4. The number of carbonyl (C=O) groups is 3. The maximum Gasteiger partial charge on any atom is 0.323 e. The van der Waals surface area contributed by atoms with E-state index >= 15 is 0 Å². The van der Waals surface area contributed by atoms with Crippen molar-refractivity contribution in [2.45, 2.75) is 19.3 Å². The average Bonchev–Trinajstić information content (AvgIpc) is 2.69. The number of nitrogens with zero attached hydrogens (tertiary/aromatic N) is 1. The van der Waals surface area contributed by atoms with Gasteiger partial charge in [-0.15, -0.1) is 0 Å². The number of aliphatic carboxylic acids is 1. The summed E-state index contributed by atoms with van der Waals surface area (Å²) >= 11 is 0. The number of piperidine rings is 1. The van der Waals surface area contributed by atoms with Crippen LogP contribution in [0.1, 0.15) is 29.6 Å². The molecule has 1 aliphatic heterocycles. The van der Waals surface area contributed by atoms with E-state index in [1.807, 2.05) is 18.2 Å². The number of rotatable bonds is 5. The van der Waals surface area contributed by atoms with Gasteiger partial charge in [0, 0.05) is 36.4 Å². The normalized spacial score (nSPS) is 14.4. The van der Waals surface area contributed by atoms with Gasteiger partial charge in [-0.1, -0.05) is 18.2 Å². The van der Waals surface area contributed by atoms with E-state index in [0.717, 1.165) is 0 Å². The highest BCUT2D eigenvalue weighted by Gasteiger charge is 2.24. The molecule has 0 radical (unpaired) electrons. The van der Waals surface area contributed by atoms with Gasteiger partial charge >= 0.3 is 12.0 Å². The fourth-order valence-corrected chi connectivity index (χ4v) is 3.28. The van der Waals surface area contributed by atoms with Crippen LogP contribution in [0.25, 0.3) is 0 Å². The molecule has 0 atom stereocenters. The lowest BCUT2D eigenvalue weighted by Gasteiger charge is -2.31. The number of hydrogen-bond donors (Lipinski definition) is 3. The first-order valence-corrected chi connectivity index (χ1v) is 9.25. The lowest BCUT2D eigenvalue weighted by Crippen LogP contribution is -2.38. The standard InChI is InChI=1S/C21H23N3O4/c25-19(26)14-15-10-12-24(13-11-15)20(27)16-6-8-18(9-7-16)23-21(28)22-17-4-2-1-3-5-17/h1-9,15H,10-14H2,(H,25,26)(H2,22,23,28). The molecule has 146 valence electrons. The fourth-order valence-electron chi connectivity index (χ4n) is 3.28. The number of para-hydroxylation sites is 1. The molecule has 3 N–H and O–H groups in total. The molecule has 7 nitrogen and oxygen atoms in total. The predicted molar refractivity (Wildman–Crippen MR) is 106 cm³/mol. The van der Waals surface area contributed by atoms with Crippen LogP contribution in [-0.4, -0.2) is 41.0 Å². The number of carboxylic acids is 1. The fraction of sp³-hybridized carbons (Fsp3) is 0.286. The topological polar surface area (TPSA) is 98.7 Å². The average molecular weight is 381 g/mol. The predicted octanol–water partition coefficient (Wildman–Crippen LogP) is 3.66. The molecule has 28 heavy (non-hydrogen) atoms. The number of hydrogen-bond acceptors (Lipinski definition) is 3. The number of carboxylic acid groups (broad SMARTS) is 1. The van der Waals surface area contributed by atoms with Crippen LogP contribution in [0.5, 0.6) is 0 Å². The molecule has 3 amide bonds. The van der Waals surface area contributed by atoms with E-state index in [-0.39, 0.29) is 24.3 Å². The van der Waals surface area contributed by atoms with Gasteiger partial charge < -0.3 is 20.6 Å². The van der Waals surface area contributed by atoms with Crippen molar-refractivity contribution in [2.24, 2.45) is 5.92 Å². The molecule has 0 aromatic heterocycles. The van der Waals surface area contributed by atoms with Crippen LogP contribution in [0.4, 0.5) is 16.2 Å². The summed E-state index contributed by atoms with van der Waals surface area (Å²) in [5.74, 6) is -0.727. The largest absolute Gasteiger partial charge is 0.481 e. The molecule has 1 heterocycles. The summed E-state index contributed by atoms with van der Waals surface area (Å²) in [6, 6.07) is 15.5. The summed E-state index contributed by atoms with van der Waals surface area (Å²) in [6.07, 6.45) is 1.57. The first-order chi connectivity index (χ1) is 13.5. The zero-order valence-corrected chi connectivity index (χ0v) is 15.4. The molecule has 0 spiro atoms. The van der Waals surface area contributed by atoms with Crippen LogP contribution in [0.2, 0.25) is 0 Å². The van der Waals surface area contributed by atoms with Crippen molar-refractivity contribution in [1.29, 1.82) is 0 Å². The Morgan fingerprint density at radius 1 is 0.893 bits per heavy atom. The Balaban J connectivity index is 1.52. The van der Waals surface area contributed by atoms with Gasteiger partial charge in [0.1, 0.15) is 0 Å². The van der Waals surface area contributed by atoms with E-state index in [4.69, 9.17) is 5.11 Å². The number of anilines is 2. The maximum atomic E-state index is 12.6. The first-order valence-electron chi connectivity index (χ1n) is 9.25. The Bertz CT molecular complexity index is 828. The van der Waals surface area contributed by atoms with Crippen LogP contribution in [0.3, 0.4) is 0 Å². The molecule has 0 bridgehead atoms. The van der Waals surface area contributed by atoms with Gasteiger partial charge in [0.05, 0.1) is 0 Å². The second-order valence-electron chi connectivity index (χ2n) is 6.86. The quantitative estimate of drug-likeness (QED) is 0.736. The number of benzene rings is 2. The van der Waals surface area contributed by atoms with Crippen molar-refractivity contribution in [3.05, 3.63) is 60.2 Å². The van der Waals surface area contributed by atoms with Gasteiger partial charge in [0.2, 0.25) is 0 Å². The second-order valence-corrected chi connectivity index (χ2v) is 6.86. The molecule has 2 aromatic carbocycles. The van der Waals surface area contributed by atoms with Crippen molar-refractivity contribution < 1.29 is 19.5 Å². The van der Waals surface area contributed by atoms with Crippen molar-refractivity contribution in [3.8, 4) is 0 Å². The van der Waals surface area contributed by atoms with Crippen LogP contribution in [0, 0.1) is 5.92 Å². The molecule has 0 aliphatic carbocycles. The molecule has 0 saturated carbocycles. The summed E-state index contributed by atoms with van der Waals surface area (Å²) in [5, 5.41) is 14.3. The summed E-state index contributed by atoms with van der Waals surface area (Å²) < 4.78 is 0. The van der Waals surface area contributed by atoms with Crippen molar-refractivity contribution in [2.75, 3.05) is 23.7 Å². The zero-order valence-electron chi connectivity index (χ0n) is 15.4. The number of nitrogens with one attached hydrogen (secondary N) is 2. The van der Waals surface area contributed by atoms with E-state index in [1.165, 1.54) is 0 Å². The zero-order chi connectivity index (χ0) is 19.9. The van der Waals surface area contributed by atoms with Crippen molar-refractivity contribution >= 4 is 29.3 Å². The Kier molecular flexibility index (Phi) is 6.26. The van der Waals surface area contributed by atoms with Crippen LogP contribution in [-0.2, 0) is 4.79 Å². The summed E-state index contributed by atoms with van der Waals surface area (Å²) in [5.41, 5.74) is 1.83. The molecule has 1 fully saturated rings. The van der Waals surface area contributed by atoms with Crippen molar-refractivity contribution in [3.63, 3.8) is 0 Å². The molecule has 0 unspecified atom stereocenters. The maximum absolute atomic E-state index is 12.6. The lowest BCUT2D eigenvalue weighted by molar-refractivity contribution is -0.138. The number of carbonyl (C=O) groups excluding carboxylic acids is 2. The monoisotopic (exact) mass is 381 g/mol. The van der Waals surface area contributed by atoms with Crippen LogP contribution >= 0.6 is 0 Å². The van der Waals surface area contributed by atoms with Crippen molar-refractivity contribution in [1.82, 2.24) is 4.90 Å². The smallest absolute Gasteiger partial charge is 0.323 e. The molecule has 3 rings (SSSR count). The van der Waals surface area contributed by atoms with Gasteiger partial charge in [-0.3, -0.25) is 9.59 Å². The molecular weight excluding hydrogens is 358 g/mol. The highest BCUT2D eigenvalue weighted by Crippen LogP contribution is 2.22. The number of likely N-dealkylation sites (tertiary alicyclic amines) is 1. The van der Waals surface area contributed by atoms with E-state index in [1.54, 1.807) is 41.3 Å². The summed E-state index contributed by atoms with van der Waals surface area (Å²) in [7, 11) is 0. The van der Waals surface area contributed by atoms with Gasteiger partial charge in [-0.2, -0.15) is 0 Å². The minimum absolute atomic E-state index is 0.0749. The summed E-state index contributed by atoms with van der Waals surface area (Å²) in [4.78, 5) is 37.2. The molecule has 2 aromatic rings. The van der Waals surface area contributed by atoms with Gasteiger partial charge in [0.15, 0.2) is 0 Å². The van der Waals surface area contributed by atoms with Gasteiger partial charge in [-0.05, 0) is 55.2 Å². The second kappa shape index (κ2) is 9.03. The van der Waals surface area contributed by atoms with E-state index in [0.29, 0.717) is 42.9 Å². The Morgan fingerprint density at radius 2 is 1.46 bits per heavy atom. The Labute approximate surface area is 163 Å². The third-order valence-corrected chi connectivity index (χ3v) is 4.79. The number of urea groups is 1. The third-order valence-electron chi connectivity index (χ3n) is 4.79. The Hall–Kier alpha value is -3.35. The molecular formula is C21H23N3O4. The van der Waals surface area contributed by atoms with Crippen LogP contribution < -0.4 is 10.6 Å². The van der Waals surface area contributed by atoms with Gasteiger partial charge in [0.25, 0.3) is 5.91 Å². The molecule has 1 saturated heterocycles. The Morgan fingerprint density at radius 3 is 2.04 bits per heavy atom. The van der Waals surface area contributed by atoms with Gasteiger partial charge in [-0.25, -0.2) is 4.79 Å². The van der Waals surface area contributed by atoms with Crippen LogP contribution in [0.15, 0.2) is 54.6 Å². The lowest BCUT2D eigenvalue weighted by atomic mass is 9.93. The van der Waals surface area contributed by atoms with E-state index in [2.05, 4.69) is 10.6 Å². The minimum atomic E-state index is -0.788. The third kappa shape index (κ3) is 5.33. The van der Waals surface area contributed by atoms with E-state index < -0.39 is 5.97 Å².